The summed E-state index contributed by atoms with van der Waals surface area (Å²) in [6.07, 6.45) is 4.60. The molecule has 1 aliphatic heterocycles. The van der Waals surface area contributed by atoms with Crippen molar-refractivity contribution < 1.29 is 19.5 Å². The maximum atomic E-state index is 13.1. The van der Waals surface area contributed by atoms with E-state index in [4.69, 9.17) is 4.98 Å². The Morgan fingerprint density at radius 3 is 1.70 bits per heavy atom. The van der Waals surface area contributed by atoms with E-state index < -0.39 is 22.3 Å². The highest BCUT2D eigenvalue weighted by atomic mass is 16.4. The van der Waals surface area contributed by atoms with Gasteiger partial charge in [-0.05, 0) is 53.0 Å². The first-order valence-electron chi connectivity index (χ1n) is 15.6. The van der Waals surface area contributed by atoms with Crippen LogP contribution in [0.2, 0.25) is 0 Å². The molecule has 4 aromatic carbocycles. The number of aliphatic carboxylic acids is 1. The summed E-state index contributed by atoms with van der Waals surface area (Å²) in [7, 11) is 0. The molecule has 0 radical (unpaired) electrons. The minimum Gasteiger partial charge on any atom is -0.481 e. The van der Waals surface area contributed by atoms with Gasteiger partial charge in [-0.25, -0.2) is 4.98 Å². The second-order valence-electron chi connectivity index (χ2n) is 13.3. The van der Waals surface area contributed by atoms with Crippen LogP contribution in [0.15, 0.2) is 128 Å². The molecule has 2 amide bonds. The number of benzene rings is 4. The van der Waals surface area contributed by atoms with E-state index in [0.717, 1.165) is 16.7 Å². The average molecular weight is 610 g/mol. The first-order chi connectivity index (χ1) is 22.2. The van der Waals surface area contributed by atoms with Crippen molar-refractivity contribution >= 4 is 17.8 Å². The van der Waals surface area contributed by atoms with E-state index in [-0.39, 0.29) is 24.3 Å². The topological polar surface area (TPSA) is 92.5 Å². The second-order valence-corrected chi connectivity index (χ2v) is 13.3. The summed E-state index contributed by atoms with van der Waals surface area (Å²) in [5.74, 6) is -1.72. The summed E-state index contributed by atoms with van der Waals surface area (Å²) in [6, 6.07) is 37.5. The molecule has 0 saturated heterocycles. The molecule has 7 heteroatoms. The first kappa shape index (κ1) is 29.4. The number of imide groups is 1. The molecule has 7 rings (SSSR count). The maximum absolute atomic E-state index is 13.1. The van der Waals surface area contributed by atoms with Crippen LogP contribution in [0.25, 0.3) is 0 Å². The summed E-state index contributed by atoms with van der Waals surface area (Å²) in [6.45, 7) is 4.19. The second kappa shape index (κ2) is 10.9. The van der Waals surface area contributed by atoms with Gasteiger partial charge in [-0.3, -0.25) is 19.3 Å². The van der Waals surface area contributed by atoms with Crippen LogP contribution in [-0.2, 0) is 15.7 Å². The van der Waals surface area contributed by atoms with E-state index in [9.17, 15) is 19.5 Å². The van der Waals surface area contributed by atoms with E-state index in [1.165, 1.54) is 4.90 Å². The van der Waals surface area contributed by atoms with Gasteiger partial charge in [0, 0.05) is 12.7 Å². The summed E-state index contributed by atoms with van der Waals surface area (Å²) < 4.78 is 2.05. The van der Waals surface area contributed by atoms with Crippen molar-refractivity contribution in [2.75, 3.05) is 6.54 Å². The predicted molar refractivity (Wildman–Crippen MR) is 174 cm³/mol. The minimum absolute atomic E-state index is 0.207. The first-order valence-corrected chi connectivity index (χ1v) is 15.6. The highest BCUT2D eigenvalue weighted by molar-refractivity contribution is 6.21. The largest absolute Gasteiger partial charge is 0.481 e. The van der Waals surface area contributed by atoms with Crippen LogP contribution in [0.1, 0.15) is 69.8 Å². The van der Waals surface area contributed by atoms with Gasteiger partial charge in [0.15, 0.2) is 0 Å². The average Bonchev–Trinajstić information content (AvgIpc) is 3.47. The van der Waals surface area contributed by atoms with Crippen LogP contribution in [-0.4, -0.2) is 43.9 Å². The minimum atomic E-state index is -1.17. The number of fused-ring (bicyclic) bond motifs is 1. The number of aromatic nitrogens is 2. The molecular weight excluding hydrogens is 574 g/mol. The normalized spacial score (nSPS) is 19.3. The van der Waals surface area contributed by atoms with E-state index >= 15 is 0 Å². The molecule has 0 bridgehead atoms. The molecule has 1 N–H and O–H groups in total. The number of carbonyl (C=O) groups is 3. The summed E-state index contributed by atoms with van der Waals surface area (Å²) in [5.41, 5.74) is 1.93. The summed E-state index contributed by atoms with van der Waals surface area (Å²) in [5, 5.41) is 10.7. The summed E-state index contributed by atoms with van der Waals surface area (Å²) in [4.78, 5) is 45.4. The van der Waals surface area contributed by atoms with Crippen molar-refractivity contribution in [3.05, 3.63) is 161 Å². The molecule has 7 nitrogen and oxygen atoms in total. The molecule has 2 unspecified atom stereocenters. The molecule has 1 fully saturated rings. The van der Waals surface area contributed by atoms with Gasteiger partial charge in [-0.2, -0.15) is 0 Å². The van der Waals surface area contributed by atoms with E-state index in [1.54, 1.807) is 30.6 Å². The van der Waals surface area contributed by atoms with Crippen LogP contribution in [0.3, 0.4) is 0 Å². The number of carbonyl (C=O) groups excluding carboxylic acids is 2. The van der Waals surface area contributed by atoms with Gasteiger partial charge in [0.2, 0.25) is 0 Å². The lowest BCUT2D eigenvalue weighted by Crippen LogP contribution is -2.39. The van der Waals surface area contributed by atoms with Gasteiger partial charge in [0.25, 0.3) is 11.8 Å². The lowest BCUT2D eigenvalue weighted by atomic mass is 9.76. The Balaban J connectivity index is 1.24. The number of hydrogen-bond acceptors (Lipinski definition) is 4. The van der Waals surface area contributed by atoms with Crippen molar-refractivity contribution in [3.8, 4) is 0 Å². The van der Waals surface area contributed by atoms with Crippen LogP contribution < -0.4 is 0 Å². The van der Waals surface area contributed by atoms with Gasteiger partial charge in [0.1, 0.15) is 11.0 Å². The number of nitrogens with zero attached hydrogens (tertiary/aromatic N) is 3. The Labute approximate surface area is 268 Å². The number of carboxylic acids is 1. The molecule has 230 valence electrons. The third-order valence-electron chi connectivity index (χ3n) is 9.75. The Kier molecular flexibility index (Phi) is 7.00. The fourth-order valence-corrected chi connectivity index (χ4v) is 7.53. The molecule has 2 aliphatic rings. The lowest BCUT2D eigenvalue weighted by Gasteiger charge is -2.37. The van der Waals surface area contributed by atoms with Crippen LogP contribution in [0.5, 0.6) is 0 Å². The number of amides is 2. The van der Waals surface area contributed by atoms with Crippen molar-refractivity contribution in [2.45, 2.75) is 37.6 Å². The number of imidazole rings is 1. The fraction of sp³-hybridized carbons (Fsp3) is 0.231. The highest BCUT2D eigenvalue weighted by Crippen LogP contribution is 2.59. The molecule has 46 heavy (non-hydrogen) atoms. The smallest absolute Gasteiger partial charge is 0.316 e. The van der Waals surface area contributed by atoms with E-state index in [0.29, 0.717) is 29.7 Å². The number of carboxylic acid groups (broad SMARTS) is 1. The maximum Gasteiger partial charge on any atom is 0.316 e. The quantitative estimate of drug-likeness (QED) is 0.139. The van der Waals surface area contributed by atoms with Crippen molar-refractivity contribution in [1.29, 1.82) is 0 Å². The SMILES string of the molecule is CC(C)(CC1CC1(C(=O)O)c1cn(C(c2ccccc2)(c2ccccc2)c2ccccc2)cn1)CN1C(=O)c2ccccc2C1=O. The number of hydrogen-bond donors (Lipinski definition) is 1. The van der Waals surface area contributed by atoms with Crippen molar-refractivity contribution in [3.63, 3.8) is 0 Å². The zero-order valence-corrected chi connectivity index (χ0v) is 25.8. The van der Waals surface area contributed by atoms with Gasteiger partial charge >= 0.3 is 5.97 Å². The van der Waals surface area contributed by atoms with Crippen LogP contribution in [0, 0.1) is 11.3 Å². The van der Waals surface area contributed by atoms with Gasteiger partial charge in [-0.15, -0.1) is 0 Å². The third kappa shape index (κ3) is 4.57. The molecule has 1 saturated carbocycles. The molecule has 1 aromatic heterocycles. The van der Waals surface area contributed by atoms with Gasteiger partial charge in [-0.1, -0.05) is 117 Å². The fourth-order valence-electron chi connectivity index (χ4n) is 7.53. The molecule has 5 aromatic rings. The van der Waals surface area contributed by atoms with Crippen molar-refractivity contribution in [2.24, 2.45) is 11.3 Å². The standard InChI is InChI=1S/C39H35N3O4/c1-37(2,25-42-34(43)31-20-12-13-21-32(31)35(42)44)22-30-23-38(30,36(45)46)33-24-41(26-40-33)39(27-14-6-3-7-15-27,28-16-8-4-9-17-28)29-18-10-5-11-19-29/h3-21,24,26,30H,22-23,25H2,1-2H3,(H,45,46). The van der Waals surface area contributed by atoms with E-state index in [1.807, 2.05) is 79.2 Å². The Morgan fingerprint density at radius 2 is 1.24 bits per heavy atom. The summed E-state index contributed by atoms with van der Waals surface area (Å²) >= 11 is 0. The number of rotatable bonds is 10. The Morgan fingerprint density at radius 1 is 0.783 bits per heavy atom. The Hall–Kier alpha value is -5.30. The van der Waals surface area contributed by atoms with Crippen LogP contribution >= 0.6 is 0 Å². The van der Waals surface area contributed by atoms with Crippen molar-refractivity contribution in [1.82, 2.24) is 14.5 Å². The molecule has 2 heterocycles. The van der Waals surface area contributed by atoms with Gasteiger partial charge < -0.3 is 9.67 Å². The van der Waals surface area contributed by atoms with E-state index in [2.05, 4.69) is 36.4 Å². The third-order valence-corrected chi connectivity index (χ3v) is 9.75. The zero-order valence-electron chi connectivity index (χ0n) is 25.8. The Bertz CT molecular complexity index is 1800. The lowest BCUT2D eigenvalue weighted by molar-refractivity contribution is -0.140. The predicted octanol–water partition coefficient (Wildman–Crippen LogP) is 6.78. The molecule has 0 spiro atoms. The molecule has 2 atom stereocenters. The van der Waals surface area contributed by atoms with Crippen LogP contribution in [0.4, 0.5) is 0 Å². The van der Waals surface area contributed by atoms with Gasteiger partial charge in [0.05, 0.1) is 23.1 Å². The zero-order chi connectivity index (χ0) is 32.1. The molecular formula is C39H35N3O4. The highest BCUT2D eigenvalue weighted by Gasteiger charge is 2.64. The monoisotopic (exact) mass is 609 g/mol. The molecule has 1 aliphatic carbocycles.